The number of para-hydroxylation sites is 1. The van der Waals surface area contributed by atoms with E-state index in [1.165, 1.54) is 5.56 Å². The average Bonchev–Trinajstić information content (AvgIpc) is 2.98. The highest BCUT2D eigenvalue weighted by molar-refractivity contribution is 5.38. The number of hydrogen-bond acceptors (Lipinski definition) is 3. The van der Waals surface area contributed by atoms with Gasteiger partial charge in [-0.15, -0.1) is 0 Å². The van der Waals surface area contributed by atoms with Gasteiger partial charge >= 0.3 is 0 Å². The lowest BCUT2D eigenvalue weighted by Crippen LogP contribution is -2.37. The second kappa shape index (κ2) is 5.45. The second-order valence-corrected chi connectivity index (χ2v) is 4.83. The Balaban J connectivity index is 1.93. The molecule has 4 nitrogen and oxygen atoms in total. The Hall–Kier alpha value is -1.81. The van der Waals surface area contributed by atoms with Crippen LogP contribution in [0.4, 0.5) is 0 Å². The van der Waals surface area contributed by atoms with E-state index in [0.717, 1.165) is 18.7 Å². The third-order valence-corrected chi connectivity index (χ3v) is 3.53. The van der Waals surface area contributed by atoms with Crippen LogP contribution in [0.1, 0.15) is 31.0 Å². The molecule has 0 aliphatic carbocycles. The van der Waals surface area contributed by atoms with E-state index in [1.807, 2.05) is 35.3 Å². The van der Waals surface area contributed by atoms with Crippen LogP contribution in [0.3, 0.4) is 0 Å². The Morgan fingerprint density at radius 2 is 2.26 bits per heavy atom. The summed E-state index contributed by atoms with van der Waals surface area (Å²) in [5, 5.41) is 7.99. The number of ether oxygens (including phenoxy) is 1. The summed E-state index contributed by atoms with van der Waals surface area (Å²) in [7, 11) is 0. The van der Waals surface area contributed by atoms with Gasteiger partial charge in [0.05, 0.1) is 6.04 Å². The Bertz CT molecular complexity index is 524. The molecule has 1 aliphatic heterocycles. The van der Waals surface area contributed by atoms with Gasteiger partial charge in [0.2, 0.25) is 0 Å². The molecule has 0 amide bonds. The minimum Gasteiger partial charge on any atom is -0.491 e. The van der Waals surface area contributed by atoms with Crippen LogP contribution >= 0.6 is 0 Å². The molecule has 1 aromatic heterocycles. The summed E-state index contributed by atoms with van der Waals surface area (Å²) in [5.74, 6) is 0.986. The normalized spacial score (nSPS) is 21.7. The zero-order valence-electron chi connectivity index (χ0n) is 11.1. The summed E-state index contributed by atoms with van der Waals surface area (Å²) in [6.45, 7) is 3.83. The molecule has 1 aliphatic rings. The predicted molar refractivity (Wildman–Crippen MR) is 74.2 cm³/mol. The molecule has 100 valence electrons. The minimum absolute atomic E-state index is 0.205. The molecule has 0 bridgehead atoms. The molecule has 0 saturated heterocycles. The Kier molecular flexibility index (Phi) is 3.51. The first-order valence-corrected chi connectivity index (χ1v) is 6.84. The van der Waals surface area contributed by atoms with Gasteiger partial charge in [-0.1, -0.05) is 25.1 Å². The van der Waals surface area contributed by atoms with Gasteiger partial charge in [-0.05, 0) is 25.1 Å². The zero-order chi connectivity index (χ0) is 13.1. The first kappa shape index (κ1) is 12.2. The van der Waals surface area contributed by atoms with E-state index in [2.05, 4.69) is 29.5 Å². The topological polar surface area (TPSA) is 39.1 Å². The number of nitrogens with zero attached hydrogens (tertiary/aromatic N) is 2. The molecule has 2 heterocycles. The van der Waals surface area contributed by atoms with Crippen molar-refractivity contribution in [1.82, 2.24) is 15.1 Å². The van der Waals surface area contributed by atoms with Gasteiger partial charge in [0, 0.05) is 18.0 Å². The zero-order valence-corrected chi connectivity index (χ0v) is 11.1. The lowest BCUT2D eigenvalue weighted by molar-refractivity contribution is 0.170. The monoisotopic (exact) mass is 257 g/mol. The van der Waals surface area contributed by atoms with E-state index in [9.17, 15) is 0 Å². The minimum atomic E-state index is 0.205. The SMILES string of the molecule is CCCNC1c2ccccc2OCC1n1cccn1. The first-order chi connectivity index (χ1) is 9.40. The molecule has 0 saturated carbocycles. The summed E-state index contributed by atoms with van der Waals surface area (Å²) in [6, 6.07) is 10.7. The van der Waals surface area contributed by atoms with Crippen molar-refractivity contribution < 1.29 is 4.74 Å². The fourth-order valence-electron chi connectivity index (χ4n) is 2.60. The molecular formula is C15H19N3O. The maximum Gasteiger partial charge on any atom is 0.124 e. The number of rotatable bonds is 4. The molecule has 0 spiro atoms. The van der Waals surface area contributed by atoms with Crippen LogP contribution in [0.15, 0.2) is 42.7 Å². The van der Waals surface area contributed by atoms with Gasteiger partial charge < -0.3 is 10.1 Å². The third kappa shape index (κ3) is 2.36. The maximum atomic E-state index is 5.87. The molecule has 4 heteroatoms. The van der Waals surface area contributed by atoms with Crippen LogP contribution in [0.25, 0.3) is 0 Å². The summed E-state index contributed by atoms with van der Waals surface area (Å²) < 4.78 is 7.86. The largest absolute Gasteiger partial charge is 0.491 e. The van der Waals surface area contributed by atoms with Crippen molar-refractivity contribution >= 4 is 0 Å². The van der Waals surface area contributed by atoms with Gasteiger partial charge in [0.15, 0.2) is 0 Å². The van der Waals surface area contributed by atoms with Crippen molar-refractivity contribution in [3.63, 3.8) is 0 Å². The molecule has 0 fully saturated rings. The smallest absolute Gasteiger partial charge is 0.124 e. The van der Waals surface area contributed by atoms with E-state index >= 15 is 0 Å². The lowest BCUT2D eigenvalue weighted by atomic mass is 9.96. The van der Waals surface area contributed by atoms with E-state index < -0.39 is 0 Å². The number of hydrogen-bond donors (Lipinski definition) is 1. The van der Waals surface area contributed by atoms with Crippen LogP contribution in [0, 0.1) is 0 Å². The average molecular weight is 257 g/mol. The predicted octanol–water partition coefficient (Wildman–Crippen LogP) is 2.56. The lowest BCUT2D eigenvalue weighted by Gasteiger charge is -2.34. The molecule has 1 N–H and O–H groups in total. The number of benzene rings is 1. The third-order valence-electron chi connectivity index (χ3n) is 3.53. The maximum absolute atomic E-state index is 5.87. The molecular weight excluding hydrogens is 238 g/mol. The summed E-state index contributed by atoms with van der Waals surface area (Å²) in [6.07, 6.45) is 4.94. The molecule has 2 aromatic rings. The van der Waals surface area contributed by atoms with E-state index in [-0.39, 0.29) is 12.1 Å². The van der Waals surface area contributed by atoms with Crippen LogP contribution in [0.2, 0.25) is 0 Å². The second-order valence-electron chi connectivity index (χ2n) is 4.83. The first-order valence-electron chi connectivity index (χ1n) is 6.84. The number of nitrogens with one attached hydrogen (secondary N) is 1. The summed E-state index contributed by atoms with van der Waals surface area (Å²) >= 11 is 0. The van der Waals surface area contributed by atoms with Crippen molar-refractivity contribution in [2.45, 2.75) is 25.4 Å². The molecule has 1 aromatic carbocycles. The fourth-order valence-corrected chi connectivity index (χ4v) is 2.60. The molecule has 3 rings (SSSR count). The number of fused-ring (bicyclic) bond motifs is 1. The van der Waals surface area contributed by atoms with Crippen molar-refractivity contribution in [3.8, 4) is 5.75 Å². The molecule has 19 heavy (non-hydrogen) atoms. The van der Waals surface area contributed by atoms with Gasteiger partial charge in [-0.25, -0.2) is 0 Å². The van der Waals surface area contributed by atoms with E-state index in [0.29, 0.717) is 6.61 Å². The van der Waals surface area contributed by atoms with Gasteiger partial charge in [-0.2, -0.15) is 5.10 Å². The Morgan fingerprint density at radius 1 is 1.37 bits per heavy atom. The summed E-state index contributed by atoms with van der Waals surface area (Å²) in [5.41, 5.74) is 1.22. The van der Waals surface area contributed by atoms with Crippen molar-refractivity contribution in [2.75, 3.05) is 13.2 Å². The van der Waals surface area contributed by atoms with Gasteiger partial charge in [0.25, 0.3) is 0 Å². The highest BCUT2D eigenvalue weighted by Crippen LogP contribution is 2.37. The van der Waals surface area contributed by atoms with Crippen LogP contribution in [-0.4, -0.2) is 22.9 Å². The fraction of sp³-hybridized carbons (Fsp3) is 0.400. The van der Waals surface area contributed by atoms with Crippen LogP contribution in [0.5, 0.6) is 5.75 Å². The van der Waals surface area contributed by atoms with Crippen LogP contribution in [-0.2, 0) is 0 Å². The van der Waals surface area contributed by atoms with E-state index in [1.54, 1.807) is 0 Å². The molecule has 0 radical (unpaired) electrons. The van der Waals surface area contributed by atoms with Crippen molar-refractivity contribution in [3.05, 3.63) is 48.3 Å². The van der Waals surface area contributed by atoms with Crippen molar-refractivity contribution in [2.24, 2.45) is 0 Å². The van der Waals surface area contributed by atoms with Gasteiger partial charge in [0.1, 0.15) is 18.4 Å². The molecule has 2 unspecified atom stereocenters. The van der Waals surface area contributed by atoms with Gasteiger partial charge in [-0.3, -0.25) is 4.68 Å². The number of aromatic nitrogens is 2. The quantitative estimate of drug-likeness (QED) is 0.915. The van der Waals surface area contributed by atoms with Crippen molar-refractivity contribution in [1.29, 1.82) is 0 Å². The molecule has 2 atom stereocenters. The van der Waals surface area contributed by atoms with E-state index in [4.69, 9.17) is 4.74 Å². The summed E-state index contributed by atoms with van der Waals surface area (Å²) in [4.78, 5) is 0. The highest BCUT2D eigenvalue weighted by atomic mass is 16.5. The highest BCUT2D eigenvalue weighted by Gasteiger charge is 2.31. The Morgan fingerprint density at radius 3 is 3.05 bits per heavy atom. The Labute approximate surface area is 113 Å². The van der Waals surface area contributed by atoms with Crippen LogP contribution < -0.4 is 10.1 Å². The standard InChI is InChI=1S/C15H19N3O/c1-2-8-16-15-12-6-3-4-7-14(12)19-11-13(15)18-10-5-9-17-18/h3-7,9-10,13,15-16H,2,8,11H2,1H3.